The van der Waals surface area contributed by atoms with Crippen molar-refractivity contribution in [3.63, 3.8) is 0 Å². The van der Waals surface area contributed by atoms with Gasteiger partial charge in [0.25, 0.3) is 0 Å². The third-order valence-corrected chi connectivity index (χ3v) is 4.71. The van der Waals surface area contributed by atoms with E-state index in [1.165, 1.54) is 6.08 Å². The van der Waals surface area contributed by atoms with Crippen LogP contribution in [0.15, 0.2) is 61.2 Å². The van der Waals surface area contributed by atoms with E-state index in [9.17, 15) is 9.90 Å². The number of aliphatic hydroxyl groups is 1. The largest absolute Gasteiger partial charge is 0.497 e. The summed E-state index contributed by atoms with van der Waals surface area (Å²) in [6.45, 7) is 3.44. The second-order valence-electron chi connectivity index (χ2n) is 6.83. The maximum absolute atomic E-state index is 11.6. The number of hydrogen-bond donors (Lipinski definition) is 4. The van der Waals surface area contributed by atoms with Crippen molar-refractivity contribution in [2.24, 2.45) is 0 Å². The van der Waals surface area contributed by atoms with Crippen LogP contribution in [0.3, 0.4) is 0 Å². The summed E-state index contributed by atoms with van der Waals surface area (Å²) in [7, 11) is 3.25. The smallest absolute Gasteiger partial charge is 0.247 e. The number of para-hydroxylation sites is 1. The number of amides is 1. The molecule has 8 nitrogen and oxygen atoms in total. The normalized spacial score (nSPS) is 11.5. The predicted molar refractivity (Wildman–Crippen MR) is 119 cm³/mol. The molecule has 0 bridgehead atoms. The first-order valence-electron chi connectivity index (χ1n) is 9.75. The summed E-state index contributed by atoms with van der Waals surface area (Å²) >= 11 is 0. The number of aromatic nitrogens is 2. The molecule has 8 heteroatoms. The van der Waals surface area contributed by atoms with E-state index in [0.29, 0.717) is 23.5 Å². The topological polar surface area (TPSA) is 109 Å². The molecule has 1 unspecified atom stereocenters. The fraction of sp³-hybridized carbons (Fsp3) is 0.217. The molecule has 0 fully saturated rings. The minimum Gasteiger partial charge on any atom is -0.497 e. The summed E-state index contributed by atoms with van der Waals surface area (Å²) in [6.07, 6.45) is 1.59. The van der Waals surface area contributed by atoms with Crippen molar-refractivity contribution in [3.8, 4) is 11.5 Å². The van der Waals surface area contributed by atoms with Gasteiger partial charge in [-0.25, -0.2) is 0 Å². The number of methoxy groups -OCH3 is 2. The number of nitrogens with zero attached hydrogens (tertiary/aromatic N) is 1. The minimum absolute atomic E-state index is 0.351. The molecule has 2 aromatic carbocycles. The SMILES string of the molecule is C=CC(=O)Nc1ccccc1C(O)Nc1cc(CCc2cc(OC)cc(OC)c2)[nH]n1. The van der Waals surface area contributed by atoms with Crippen LogP contribution in [0.2, 0.25) is 0 Å². The third-order valence-electron chi connectivity index (χ3n) is 4.71. The minimum atomic E-state index is -1.06. The van der Waals surface area contributed by atoms with Crippen molar-refractivity contribution in [2.75, 3.05) is 24.9 Å². The van der Waals surface area contributed by atoms with Crippen LogP contribution < -0.4 is 20.1 Å². The number of H-pyrrole nitrogens is 1. The molecule has 4 N–H and O–H groups in total. The van der Waals surface area contributed by atoms with Gasteiger partial charge in [0.15, 0.2) is 6.23 Å². The molecule has 162 valence electrons. The predicted octanol–water partition coefficient (Wildman–Crippen LogP) is 3.44. The molecular weight excluding hydrogens is 396 g/mol. The molecule has 0 aliphatic heterocycles. The second kappa shape index (κ2) is 10.3. The Labute approximate surface area is 180 Å². The van der Waals surface area contributed by atoms with Gasteiger partial charge < -0.3 is 25.2 Å². The van der Waals surface area contributed by atoms with Crippen molar-refractivity contribution in [1.29, 1.82) is 0 Å². The van der Waals surface area contributed by atoms with Gasteiger partial charge in [0, 0.05) is 29.1 Å². The number of carbonyl (C=O) groups excluding carboxylic acids is 1. The summed E-state index contributed by atoms with van der Waals surface area (Å²) in [6, 6.07) is 14.6. The standard InChI is InChI=1S/C23H26N4O4/c1-4-22(28)24-20-8-6-5-7-19(20)23(29)25-21-13-16(26-27-21)10-9-15-11-17(30-2)14-18(12-15)31-3/h4-8,11-14,23,29H,1,9-10H2,2-3H3,(H,24,28)(H2,25,26,27). The zero-order valence-corrected chi connectivity index (χ0v) is 17.5. The Morgan fingerprint density at radius 1 is 1.16 bits per heavy atom. The quantitative estimate of drug-likeness (QED) is 0.294. The average molecular weight is 422 g/mol. The van der Waals surface area contributed by atoms with Crippen LogP contribution >= 0.6 is 0 Å². The highest BCUT2D eigenvalue weighted by Crippen LogP contribution is 2.25. The average Bonchev–Trinajstić information content (AvgIpc) is 3.24. The first-order chi connectivity index (χ1) is 15.0. The maximum atomic E-state index is 11.6. The van der Waals surface area contributed by atoms with Crippen molar-refractivity contribution in [1.82, 2.24) is 10.2 Å². The van der Waals surface area contributed by atoms with Crippen LogP contribution in [0.4, 0.5) is 11.5 Å². The Morgan fingerprint density at radius 2 is 1.87 bits per heavy atom. The molecule has 31 heavy (non-hydrogen) atoms. The summed E-state index contributed by atoms with van der Waals surface area (Å²) in [5.41, 5.74) is 3.00. The molecule has 1 aromatic heterocycles. The van der Waals surface area contributed by atoms with Gasteiger partial charge in [-0.3, -0.25) is 9.89 Å². The Hall–Kier alpha value is -3.78. The molecule has 0 aliphatic carbocycles. The molecule has 0 radical (unpaired) electrons. The van der Waals surface area contributed by atoms with Crippen LogP contribution in [0, 0.1) is 0 Å². The van der Waals surface area contributed by atoms with Gasteiger partial charge in [0.2, 0.25) is 5.91 Å². The molecule has 1 amide bonds. The van der Waals surface area contributed by atoms with Crippen LogP contribution in [-0.2, 0) is 17.6 Å². The van der Waals surface area contributed by atoms with Crippen LogP contribution in [0.5, 0.6) is 11.5 Å². The third kappa shape index (κ3) is 5.86. The lowest BCUT2D eigenvalue weighted by atomic mass is 10.1. The molecule has 1 heterocycles. The number of aliphatic hydroxyl groups excluding tert-OH is 1. The molecule has 0 saturated heterocycles. The lowest BCUT2D eigenvalue weighted by Crippen LogP contribution is -2.15. The van der Waals surface area contributed by atoms with E-state index in [1.807, 2.05) is 24.3 Å². The maximum Gasteiger partial charge on any atom is 0.247 e. The monoisotopic (exact) mass is 422 g/mol. The molecule has 0 saturated carbocycles. The van der Waals surface area contributed by atoms with Gasteiger partial charge >= 0.3 is 0 Å². The number of ether oxygens (including phenoxy) is 2. The lowest BCUT2D eigenvalue weighted by molar-refractivity contribution is -0.111. The van der Waals surface area contributed by atoms with Crippen LogP contribution in [0.1, 0.15) is 23.0 Å². The van der Waals surface area contributed by atoms with Gasteiger partial charge in [-0.2, -0.15) is 5.10 Å². The van der Waals surface area contributed by atoms with Gasteiger partial charge in [-0.05, 0) is 42.7 Å². The van der Waals surface area contributed by atoms with Crippen LogP contribution in [0.25, 0.3) is 0 Å². The Morgan fingerprint density at radius 3 is 2.55 bits per heavy atom. The van der Waals surface area contributed by atoms with Gasteiger partial charge in [0.1, 0.15) is 17.3 Å². The van der Waals surface area contributed by atoms with Crippen molar-refractivity contribution in [3.05, 3.63) is 78.0 Å². The molecule has 0 spiro atoms. The van der Waals surface area contributed by atoms with E-state index in [1.54, 1.807) is 38.5 Å². The van der Waals surface area contributed by atoms with Crippen molar-refractivity contribution >= 4 is 17.4 Å². The summed E-state index contributed by atoms with van der Waals surface area (Å²) in [4.78, 5) is 11.6. The van der Waals surface area contributed by atoms with Crippen molar-refractivity contribution in [2.45, 2.75) is 19.1 Å². The van der Waals surface area contributed by atoms with E-state index < -0.39 is 6.23 Å². The number of aromatic amines is 1. The Bertz CT molecular complexity index is 1030. The van der Waals surface area contributed by atoms with Crippen molar-refractivity contribution < 1.29 is 19.4 Å². The van der Waals surface area contributed by atoms with Gasteiger partial charge in [-0.1, -0.05) is 24.8 Å². The summed E-state index contributed by atoms with van der Waals surface area (Å²) < 4.78 is 10.6. The van der Waals surface area contributed by atoms with E-state index in [2.05, 4.69) is 27.4 Å². The first-order valence-corrected chi connectivity index (χ1v) is 9.75. The number of rotatable bonds is 10. The first kappa shape index (κ1) is 21.9. The van der Waals surface area contributed by atoms with E-state index in [4.69, 9.17) is 9.47 Å². The van der Waals surface area contributed by atoms with Crippen LogP contribution in [-0.4, -0.2) is 35.4 Å². The highest BCUT2D eigenvalue weighted by Gasteiger charge is 2.14. The summed E-state index contributed by atoms with van der Waals surface area (Å²) in [5.74, 6) is 1.63. The lowest BCUT2D eigenvalue weighted by Gasteiger charge is -2.16. The number of aryl methyl sites for hydroxylation is 2. The Kier molecular flexibility index (Phi) is 7.29. The fourth-order valence-corrected chi connectivity index (χ4v) is 3.10. The Balaban J connectivity index is 1.64. The zero-order chi connectivity index (χ0) is 22.2. The molecule has 3 rings (SSSR count). The highest BCUT2D eigenvalue weighted by molar-refractivity contribution is 5.99. The second-order valence-corrected chi connectivity index (χ2v) is 6.83. The molecule has 1 atom stereocenters. The molecule has 3 aromatic rings. The highest BCUT2D eigenvalue weighted by atomic mass is 16.5. The number of hydrogen-bond acceptors (Lipinski definition) is 6. The number of nitrogens with one attached hydrogen (secondary N) is 3. The van der Waals surface area contributed by atoms with Gasteiger partial charge in [0.05, 0.1) is 14.2 Å². The van der Waals surface area contributed by atoms with E-state index in [-0.39, 0.29) is 5.91 Å². The molecule has 0 aliphatic rings. The zero-order valence-electron chi connectivity index (χ0n) is 17.5. The van der Waals surface area contributed by atoms with E-state index in [0.717, 1.165) is 29.2 Å². The summed E-state index contributed by atoms with van der Waals surface area (Å²) in [5, 5.41) is 23.4. The van der Waals surface area contributed by atoms with Gasteiger partial charge in [-0.15, -0.1) is 0 Å². The fourth-order valence-electron chi connectivity index (χ4n) is 3.10. The number of carbonyl (C=O) groups is 1. The molecular formula is C23H26N4O4. The number of benzene rings is 2. The number of anilines is 2. The van der Waals surface area contributed by atoms with E-state index >= 15 is 0 Å².